The topological polar surface area (TPSA) is 116 Å². The highest BCUT2D eigenvalue weighted by Crippen LogP contribution is 2.36. The lowest BCUT2D eigenvalue weighted by atomic mass is 9.94. The van der Waals surface area contributed by atoms with E-state index in [1.54, 1.807) is 36.0 Å². The van der Waals surface area contributed by atoms with E-state index < -0.39 is 16.9 Å². The molecule has 0 saturated heterocycles. The number of nitro benzene ring substituents is 1. The molecule has 1 aromatic carbocycles. The molecule has 1 aliphatic rings. The molecule has 22 heavy (non-hydrogen) atoms. The molecule has 3 N–H and O–H groups in total. The maximum absolute atomic E-state index is 11.9. The van der Waals surface area contributed by atoms with Gasteiger partial charge in [-0.25, -0.2) is 4.98 Å². The quantitative estimate of drug-likeness (QED) is 0.659. The van der Waals surface area contributed by atoms with Crippen molar-refractivity contribution in [2.24, 2.45) is 5.73 Å². The van der Waals surface area contributed by atoms with Gasteiger partial charge in [0.25, 0.3) is 5.69 Å². The first-order chi connectivity index (χ1) is 10.5. The lowest BCUT2D eigenvalue weighted by Gasteiger charge is -2.29. The van der Waals surface area contributed by atoms with Crippen molar-refractivity contribution in [3.8, 4) is 0 Å². The first kappa shape index (κ1) is 13.8. The van der Waals surface area contributed by atoms with Gasteiger partial charge in [-0.2, -0.15) is 0 Å². The smallest absolute Gasteiger partial charge is 0.269 e. The van der Waals surface area contributed by atoms with E-state index in [9.17, 15) is 14.9 Å². The van der Waals surface area contributed by atoms with Gasteiger partial charge < -0.3 is 15.6 Å². The number of hydrogen-bond acceptors (Lipinski definition) is 5. The number of nitro groups is 1. The van der Waals surface area contributed by atoms with E-state index in [0.29, 0.717) is 22.8 Å². The van der Waals surface area contributed by atoms with Crippen LogP contribution in [0.5, 0.6) is 0 Å². The molecule has 0 spiro atoms. The third-order valence-corrected chi connectivity index (χ3v) is 3.59. The zero-order valence-corrected chi connectivity index (χ0v) is 11.7. The fourth-order valence-electron chi connectivity index (χ4n) is 2.65. The summed E-state index contributed by atoms with van der Waals surface area (Å²) in [5, 5.41) is 14.0. The van der Waals surface area contributed by atoms with Gasteiger partial charge in [0.2, 0.25) is 11.9 Å². The molecule has 1 unspecified atom stereocenters. The number of carbonyl (C=O) groups is 1. The Bertz CT molecular complexity index is 808. The summed E-state index contributed by atoms with van der Waals surface area (Å²) in [6, 6.07) is 5.61. The third kappa shape index (κ3) is 2.10. The van der Waals surface area contributed by atoms with Gasteiger partial charge in [0.05, 0.1) is 16.5 Å². The van der Waals surface area contributed by atoms with Crippen LogP contribution in [0.3, 0.4) is 0 Å². The maximum atomic E-state index is 11.9. The van der Waals surface area contributed by atoms with Crippen LogP contribution in [0.15, 0.2) is 47.9 Å². The molecule has 0 radical (unpaired) electrons. The predicted molar refractivity (Wildman–Crippen MR) is 79.0 cm³/mol. The predicted octanol–water partition coefficient (Wildman–Crippen LogP) is 1.57. The third-order valence-electron chi connectivity index (χ3n) is 3.59. The number of primary amides is 1. The van der Waals surface area contributed by atoms with Gasteiger partial charge in [-0.3, -0.25) is 14.9 Å². The molecule has 8 nitrogen and oxygen atoms in total. The number of non-ortho nitro benzene ring substituents is 1. The number of fused-ring (bicyclic) bond motifs is 1. The van der Waals surface area contributed by atoms with Crippen molar-refractivity contribution in [3.05, 3.63) is 63.6 Å². The van der Waals surface area contributed by atoms with Crippen LogP contribution in [0, 0.1) is 10.1 Å². The van der Waals surface area contributed by atoms with E-state index in [1.165, 1.54) is 12.1 Å². The Kier molecular flexibility index (Phi) is 3.13. The summed E-state index contributed by atoms with van der Waals surface area (Å²) in [4.78, 5) is 26.5. The number of anilines is 1. The van der Waals surface area contributed by atoms with Gasteiger partial charge in [-0.1, -0.05) is 12.1 Å². The van der Waals surface area contributed by atoms with Crippen molar-refractivity contribution in [1.82, 2.24) is 9.55 Å². The Balaban J connectivity index is 2.20. The molecular formula is C14H13N5O3. The van der Waals surface area contributed by atoms with Crippen LogP contribution in [0.1, 0.15) is 18.5 Å². The number of nitrogens with two attached hydrogens (primary N) is 1. The largest absolute Gasteiger partial charge is 0.366 e. The van der Waals surface area contributed by atoms with Crippen LogP contribution < -0.4 is 11.1 Å². The maximum Gasteiger partial charge on any atom is 0.269 e. The number of imidazole rings is 1. The van der Waals surface area contributed by atoms with Crippen LogP contribution in [-0.2, 0) is 4.79 Å². The van der Waals surface area contributed by atoms with Gasteiger partial charge in [0, 0.05) is 30.2 Å². The molecule has 1 atom stereocenters. The van der Waals surface area contributed by atoms with Gasteiger partial charge in [-0.05, 0) is 12.5 Å². The molecule has 0 bridgehead atoms. The van der Waals surface area contributed by atoms with Crippen LogP contribution in [0.2, 0.25) is 0 Å². The van der Waals surface area contributed by atoms with Crippen LogP contribution in [0.25, 0.3) is 0 Å². The highest BCUT2D eigenvalue weighted by atomic mass is 16.6. The number of nitrogens with one attached hydrogen (secondary N) is 1. The standard InChI is InChI=1S/C14H13N5O3/c1-8-11(13(15)20)12(18-6-5-16-14(18)17-8)9-3-2-4-10(7-9)19(21)22/h2-7,12H,1H3,(H2,15,20)(H,16,17). The Morgan fingerprint density at radius 3 is 2.95 bits per heavy atom. The van der Waals surface area contributed by atoms with Crippen molar-refractivity contribution in [1.29, 1.82) is 0 Å². The number of carbonyl (C=O) groups excluding carboxylic acids is 1. The van der Waals surface area contributed by atoms with Crippen LogP contribution >= 0.6 is 0 Å². The van der Waals surface area contributed by atoms with Gasteiger partial charge in [-0.15, -0.1) is 0 Å². The fourth-order valence-corrected chi connectivity index (χ4v) is 2.65. The second-order valence-corrected chi connectivity index (χ2v) is 4.94. The molecule has 0 aliphatic carbocycles. The van der Waals surface area contributed by atoms with Crippen molar-refractivity contribution in [2.75, 3.05) is 5.32 Å². The minimum Gasteiger partial charge on any atom is -0.366 e. The molecule has 112 valence electrons. The summed E-state index contributed by atoms with van der Waals surface area (Å²) in [5.41, 5.74) is 7.00. The van der Waals surface area contributed by atoms with E-state index in [1.807, 2.05) is 0 Å². The number of aromatic nitrogens is 2. The monoisotopic (exact) mass is 299 g/mol. The first-order valence-electron chi connectivity index (χ1n) is 6.54. The normalized spacial score (nSPS) is 16.9. The lowest BCUT2D eigenvalue weighted by Crippen LogP contribution is -2.31. The zero-order chi connectivity index (χ0) is 15.9. The lowest BCUT2D eigenvalue weighted by molar-refractivity contribution is -0.384. The minimum atomic E-state index is -0.583. The number of rotatable bonds is 3. The van der Waals surface area contributed by atoms with Crippen molar-refractivity contribution in [3.63, 3.8) is 0 Å². The molecule has 1 aromatic heterocycles. The summed E-state index contributed by atoms with van der Waals surface area (Å²) in [6.07, 6.45) is 3.28. The molecule has 1 amide bonds. The second-order valence-electron chi connectivity index (χ2n) is 4.94. The van der Waals surface area contributed by atoms with Gasteiger partial charge >= 0.3 is 0 Å². The average Bonchev–Trinajstić information content (AvgIpc) is 2.93. The number of hydrogen-bond donors (Lipinski definition) is 2. The number of amides is 1. The SMILES string of the molecule is CC1=C(C(N)=O)C(c2cccc([N+](=O)[O-])c2)n2ccnc2N1. The molecule has 2 heterocycles. The van der Waals surface area contributed by atoms with Crippen LogP contribution in [-0.4, -0.2) is 20.4 Å². The molecule has 2 aromatic rings. The Morgan fingerprint density at radius 2 is 2.27 bits per heavy atom. The Labute approximate surface area is 125 Å². The number of allylic oxidation sites excluding steroid dienone is 1. The van der Waals surface area contributed by atoms with E-state index >= 15 is 0 Å². The summed E-state index contributed by atoms with van der Waals surface area (Å²) in [7, 11) is 0. The van der Waals surface area contributed by atoms with Crippen molar-refractivity contribution in [2.45, 2.75) is 13.0 Å². The summed E-state index contributed by atoms with van der Waals surface area (Å²) >= 11 is 0. The Morgan fingerprint density at radius 1 is 1.50 bits per heavy atom. The Hall–Kier alpha value is -3.16. The molecule has 3 rings (SSSR count). The van der Waals surface area contributed by atoms with E-state index in [4.69, 9.17) is 5.73 Å². The molecule has 1 aliphatic heterocycles. The van der Waals surface area contributed by atoms with Crippen LogP contribution in [0.4, 0.5) is 11.6 Å². The molecule has 0 saturated carbocycles. The van der Waals surface area contributed by atoms with E-state index in [0.717, 1.165) is 0 Å². The van der Waals surface area contributed by atoms with E-state index in [-0.39, 0.29) is 5.69 Å². The summed E-state index contributed by atoms with van der Waals surface area (Å²) < 4.78 is 1.73. The average molecular weight is 299 g/mol. The van der Waals surface area contributed by atoms with Crippen molar-refractivity contribution < 1.29 is 9.72 Å². The molecular weight excluding hydrogens is 286 g/mol. The molecule has 8 heteroatoms. The first-order valence-corrected chi connectivity index (χ1v) is 6.54. The van der Waals surface area contributed by atoms with E-state index in [2.05, 4.69) is 10.3 Å². The number of benzene rings is 1. The number of nitrogens with zero attached hydrogens (tertiary/aromatic N) is 3. The second kappa shape index (κ2) is 4.99. The fraction of sp³-hybridized carbons (Fsp3) is 0.143. The highest BCUT2D eigenvalue weighted by molar-refractivity contribution is 5.95. The van der Waals surface area contributed by atoms with Gasteiger partial charge in [0.1, 0.15) is 0 Å². The van der Waals surface area contributed by atoms with Crippen molar-refractivity contribution >= 4 is 17.5 Å². The minimum absolute atomic E-state index is 0.0424. The zero-order valence-electron chi connectivity index (χ0n) is 11.7. The molecule has 0 fully saturated rings. The summed E-state index contributed by atoms with van der Waals surface area (Å²) in [6.45, 7) is 1.72. The summed E-state index contributed by atoms with van der Waals surface area (Å²) in [5.74, 6) is -0.0279. The highest BCUT2D eigenvalue weighted by Gasteiger charge is 2.31. The van der Waals surface area contributed by atoms with Gasteiger partial charge in [0.15, 0.2) is 0 Å².